The van der Waals surface area contributed by atoms with Crippen LogP contribution in [0.1, 0.15) is 5.56 Å². The Kier molecular flexibility index (Phi) is 8.43. The van der Waals surface area contributed by atoms with Gasteiger partial charge in [-0.2, -0.15) is 23.8 Å². The third-order valence-corrected chi connectivity index (χ3v) is 4.86. The summed E-state index contributed by atoms with van der Waals surface area (Å²) in [7, 11) is -2.83. The van der Waals surface area contributed by atoms with Crippen LogP contribution in [0.2, 0.25) is 0 Å². The minimum atomic E-state index is -4.32. The number of hydrogen-bond donors (Lipinski definition) is 2. The van der Waals surface area contributed by atoms with Crippen LogP contribution < -0.4 is 4.74 Å². The molecule has 31 heavy (non-hydrogen) atoms. The maximum atomic E-state index is 11.2. The summed E-state index contributed by atoms with van der Waals surface area (Å²) in [5.41, 5.74) is 2.56. The van der Waals surface area contributed by atoms with Crippen LogP contribution in [0.15, 0.2) is 86.0 Å². The maximum absolute atomic E-state index is 11.2. The molecule has 0 unspecified atom stereocenters. The number of phenolic OH excluding ortho intramolecular Hbond substituents is 1. The van der Waals surface area contributed by atoms with Crippen LogP contribution >= 0.6 is 0 Å². The molecule has 3 aromatic carbocycles. The molecular weight excluding hydrogens is 431 g/mol. The van der Waals surface area contributed by atoms with E-state index in [0.29, 0.717) is 22.8 Å². The quantitative estimate of drug-likeness (QED) is 0.295. The van der Waals surface area contributed by atoms with E-state index >= 15 is 0 Å². The number of azo groups is 2. The molecule has 11 heteroatoms. The molecule has 0 aromatic heterocycles. The number of hydrogen-bond acceptors (Lipinski definition) is 8. The Balaban J connectivity index is 0.00000341. The van der Waals surface area contributed by atoms with Crippen molar-refractivity contribution in [2.24, 2.45) is 20.5 Å². The van der Waals surface area contributed by atoms with Gasteiger partial charge < -0.3 is 9.84 Å². The Morgan fingerprint density at radius 1 is 0.839 bits per heavy atom. The van der Waals surface area contributed by atoms with Gasteiger partial charge in [0.1, 0.15) is 17.2 Å². The first-order valence-electron chi connectivity index (χ1n) is 8.65. The molecule has 0 spiro atoms. The SMILES string of the molecule is COc1cc(N=Nc2cccc(S(=O)(=O)O)c2)ccc1N=Nc1ccc(O)cc1C.[Na]. The van der Waals surface area contributed by atoms with Crippen LogP contribution in [0.25, 0.3) is 0 Å². The van der Waals surface area contributed by atoms with Crippen LogP contribution in [0.4, 0.5) is 22.7 Å². The number of benzene rings is 3. The van der Waals surface area contributed by atoms with Crippen molar-refractivity contribution in [3.8, 4) is 11.5 Å². The van der Waals surface area contributed by atoms with E-state index in [-0.39, 0.29) is 45.9 Å². The van der Waals surface area contributed by atoms with E-state index in [0.717, 1.165) is 5.56 Å². The summed E-state index contributed by atoms with van der Waals surface area (Å²) in [4.78, 5) is -0.267. The van der Waals surface area contributed by atoms with Crippen molar-refractivity contribution >= 4 is 62.4 Å². The zero-order chi connectivity index (χ0) is 21.7. The van der Waals surface area contributed by atoms with E-state index in [2.05, 4.69) is 20.5 Å². The summed E-state index contributed by atoms with van der Waals surface area (Å²) in [6, 6.07) is 15.2. The van der Waals surface area contributed by atoms with Gasteiger partial charge in [0.05, 0.1) is 29.1 Å². The zero-order valence-corrected chi connectivity index (χ0v) is 19.9. The summed E-state index contributed by atoms with van der Waals surface area (Å²) < 4.78 is 36.9. The molecule has 0 amide bonds. The van der Waals surface area contributed by atoms with Crippen molar-refractivity contribution in [1.29, 1.82) is 0 Å². The third kappa shape index (κ3) is 6.68. The summed E-state index contributed by atoms with van der Waals surface area (Å²) >= 11 is 0. The largest absolute Gasteiger partial charge is 0.508 e. The van der Waals surface area contributed by atoms with Crippen molar-refractivity contribution < 1.29 is 22.8 Å². The molecule has 0 fully saturated rings. The van der Waals surface area contributed by atoms with Gasteiger partial charge in [0, 0.05) is 35.6 Å². The minimum absolute atomic E-state index is 0. The fourth-order valence-corrected chi connectivity index (χ4v) is 3.01. The monoisotopic (exact) mass is 449 g/mol. The number of rotatable bonds is 6. The van der Waals surface area contributed by atoms with Gasteiger partial charge >= 0.3 is 0 Å². The van der Waals surface area contributed by atoms with Gasteiger partial charge in [-0.25, -0.2) is 0 Å². The van der Waals surface area contributed by atoms with Crippen molar-refractivity contribution in [2.45, 2.75) is 11.8 Å². The van der Waals surface area contributed by atoms with E-state index in [4.69, 9.17) is 9.29 Å². The van der Waals surface area contributed by atoms with E-state index in [1.54, 1.807) is 36.4 Å². The van der Waals surface area contributed by atoms with Crippen molar-refractivity contribution in [2.75, 3.05) is 7.11 Å². The van der Waals surface area contributed by atoms with Crippen LogP contribution in [-0.2, 0) is 10.1 Å². The van der Waals surface area contributed by atoms with Crippen LogP contribution in [-0.4, -0.2) is 54.7 Å². The first-order chi connectivity index (χ1) is 14.3. The molecule has 0 aliphatic heterocycles. The van der Waals surface area contributed by atoms with Crippen LogP contribution in [0.5, 0.6) is 11.5 Å². The predicted molar refractivity (Wildman–Crippen MR) is 116 cm³/mol. The number of phenols is 1. The third-order valence-electron chi connectivity index (χ3n) is 4.01. The molecule has 1 radical (unpaired) electrons. The minimum Gasteiger partial charge on any atom is -0.508 e. The molecule has 0 saturated carbocycles. The number of aromatic hydroxyl groups is 1. The molecule has 0 heterocycles. The van der Waals surface area contributed by atoms with Gasteiger partial charge in [-0.1, -0.05) is 6.07 Å². The Labute approximate surface area is 201 Å². The molecule has 2 N–H and O–H groups in total. The summed E-state index contributed by atoms with van der Waals surface area (Å²) in [5.74, 6) is 0.569. The molecule has 0 saturated heterocycles. The Bertz CT molecular complexity index is 1250. The molecule has 0 aliphatic rings. The maximum Gasteiger partial charge on any atom is 0.294 e. The van der Waals surface area contributed by atoms with E-state index in [1.165, 1.54) is 31.4 Å². The molecule has 155 valence electrons. The number of aryl methyl sites for hydroxylation is 1. The molecule has 9 nitrogen and oxygen atoms in total. The molecule has 3 rings (SSSR count). The van der Waals surface area contributed by atoms with E-state index in [1.807, 2.05) is 6.92 Å². The fraction of sp³-hybridized carbons (Fsp3) is 0.100. The molecule has 0 atom stereocenters. The number of ether oxygens (including phenoxy) is 1. The smallest absolute Gasteiger partial charge is 0.294 e. The van der Waals surface area contributed by atoms with Gasteiger partial charge in [-0.05, 0) is 61.0 Å². The van der Waals surface area contributed by atoms with E-state index < -0.39 is 10.1 Å². The van der Waals surface area contributed by atoms with Gasteiger partial charge in [-0.15, -0.1) is 5.11 Å². The average Bonchev–Trinajstić information content (AvgIpc) is 2.71. The van der Waals surface area contributed by atoms with Crippen LogP contribution in [0, 0.1) is 6.92 Å². The number of nitrogens with zero attached hydrogens (tertiary/aromatic N) is 4. The van der Waals surface area contributed by atoms with Crippen molar-refractivity contribution in [3.05, 3.63) is 66.2 Å². The van der Waals surface area contributed by atoms with Crippen molar-refractivity contribution in [1.82, 2.24) is 0 Å². The van der Waals surface area contributed by atoms with Gasteiger partial charge in [0.25, 0.3) is 10.1 Å². The first kappa shape index (κ1) is 24.6. The van der Waals surface area contributed by atoms with Gasteiger partial charge in [0.15, 0.2) is 0 Å². The second kappa shape index (κ2) is 10.6. The molecule has 0 bridgehead atoms. The standard InChI is InChI=1S/C20H18N4O5S.Na/c1-13-10-16(25)7-9-18(13)23-24-19-8-6-15(12-20(19)29-2)22-21-14-4-3-5-17(11-14)30(26,27)28;/h3-12,25H,1-2H3,(H,26,27,28);. The molecule has 0 aliphatic carbocycles. The van der Waals surface area contributed by atoms with Crippen molar-refractivity contribution in [3.63, 3.8) is 0 Å². The predicted octanol–water partition coefficient (Wildman–Crippen LogP) is 5.41. The first-order valence-corrected chi connectivity index (χ1v) is 10.1. The summed E-state index contributed by atoms with van der Waals surface area (Å²) in [5, 5.41) is 25.9. The normalized spacial score (nSPS) is 11.6. The second-order valence-corrected chi connectivity index (χ2v) is 7.62. The average molecular weight is 449 g/mol. The Morgan fingerprint density at radius 2 is 1.48 bits per heavy atom. The van der Waals surface area contributed by atoms with Gasteiger partial charge in [-0.3, -0.25) is 4.55 Å². The summed E-state index contributed by atoms with van der Waals surface area (Å²) in [6.07, 6.45) is 0. The fourth-order valence-electron chi connectivity index (χ4n) is 2.49. The van der Waals surface area contributed by atoms with Gasteiger partial charge in [0.2, 0.25) is 0 Å². The van der Waals surface area contributed by atoms with E-state index in [9.17, 15) is 13.5 Å². The van der Waals surface area contributed by atoms with Crippen LogP contribution in [0.3, 0.4) is 0 Å². The topological polar surface area (TPSA) is 133 Å². The zero-order valence-electron chi connectivity index (χ0n) is 17.1. The second-order valence-electron chi connectivity index (χ2n) is 6.20. The Morgan fingerprint density at radius 3 is 2.13 bits per heavy atom. The Hall–Kier alpha value is -2.63. The summed E-state index contributed by atoms with van der Waals surface area (Å²) in [6.45, 7) is 1.81. The molecule has 3 aromatic rings. The number of methoxy groups -OCH3 is 1. The molecular formula is C20H18N4NaO5S.